The Hall–Kier alpha value is -3.35. The molecule has 4 N–H and O–H groups in total. The number of carbonyl (C=O) groups excluding carboxylic acids is 3. The first-order valence-electron chi connectivity index (χ1n) is 6.69. The first-order valence-corrected chi connectivity index (χ1v) is 6.69. The average molecular weight is 313 g/mol. The third kappa shape index (κ3) is 3.85. The molecular formula is C16H15N3O4. The van der Waals surface area contributed by atoms with E-state index in [1.54, 1.807) is 12.1 Å². The summed E-state index contributed by atoms with van der Waals surface area (Å²) in [5.41, 5.74) is 6.53. The second kappa shape index (κ2) is 6.61. The number of carbonyl (C=O) groups is 3. The van der Waals surface area contributed by atoms with Crippen LogP contribution in [0.1, 0.15) is 6.92 Å². The van der Waals surface area contributed by atoms with Crippen molar-refractivity contribution < 1.29 is 19.5 Å². The minimum atomic E-state index is -1.03. The van der Waals surface area contributed by atoms with E-state index in [0.29, 0.717) is 11.4 Å². The summed E-state index contributed by atoms with van der Waals surface area (Å²) in [6.07, 6.45) is 0. The monoisotopic (exact) mass is 313 g/mol. The molecule has 0 unspecified atom stereocenters. The third-order valence-electron chi connectivity index (χ3n) is 2.97. The number of nitrogen functional groups attached to an aromatic ring is 1. The molecule has 0 aliphatic heterocycles. The molecule has 7 heteroatoms. The van der Waals surface area contributed by atoms with Crippen LogP contribution in [-0.2, 0) is 14.4 Å². The normalized spacial score (nSPS) is 9.96. The summed E-state index contributed by atoms with van der Waals surface area (Å²) in [7, 11) is 0. The zero-order valence-electron chi connectivity index (χ0n) is 12.3. The molecule has 7 nitrogen and oxygen atoms in total. The highest BCUT2D eigenvalue weighted by Gasteiger charge is 2.27. The van der Waals surface area contributed by atoms with Crippen molar-refractivity contribution in [1.29, 1.82) is 0 Å². The summed E-state index contributed by atoms with van der Waals surface area (Å²) >= 11 is 0. The summed E-state index contributed by atoms with van der Waals surface area (Å²) in [4.78, 5) is 36.8. The lowest BCUT2D eigenvalue weighted by atomic mass is 10.2. The van der Waals surface area contributed by atoms with Crippen molar-refractivity contribution >= 4 is 34.8 Å². The Kier molecular flexibility index (Phi) is 4.61. The van der Waals surface area contributed by atoms with Gasteiger partial charge in [-0.25, -0.2) is 4.90 Å². The van der Waals surface area contributed by atoms with Gasteiger partial charge in [-0.15, -0.1) is 0 Å². The number of nitrogens with two attached hydrogens (primary N) is 1. The highest BCUT2D eigenvalue weighted by molar-refractivity contribution is 6.48. The SMILES string of the molecule is CC(=O)N(C(=O)C(=O)Nc1ccc(O)cc1)c1cccc(N)c1. The van der Waals surface area contributed by atoms with E-state index in [9.17, 15) is 19.5 Å². The van der Waals surface area contributed by atoms with Gasteiger partial charge in [0.25, 0.3) is 0 Å². The number of nitrogens with one attached hydrogen (secondary N) is 1. The fraction of sp³-hybridized carbons (Fsp3) is 0.0625. The Bertz CT molecular complexity index is 756. The van der Waals surface area contributed by atoms with Gasteiger partial charge in [0.05, 0.1) is 5.69 Å². The van der Waals surface area contributed by atoms with E-state index in [1.807, 2.05) is 0 Å². The van der Waals surface area contributed by atoms with Gasteiger partial charge in [0.15, 0.2) is 0 Å². The van der Waals surface area contributed by atoms with Gasteiger partial charge in [-0.2, -0.15) is 0 Å². The van der Waals surface area contributed by atoms with Crippen LogP contribution >= 0.6 is 0 Å². The van der Waals surface area contributed by atoms with Crippen LogP contribution in [-0.4, -0.2) is 22.8 Å². The number of phenols is 1. The maximum atomic E-state index is 12.3. The summed E-state index contributed by atoms with van der Waals surface area (Å²) in [5.74, 6) is -2.59. The van der Waals surface area contributed by atoms with Gasteiger partial charge in [-0.05, 0) is 42.5 Å². The topological polar surface area (TPSA) is 113 Å². The molecule has 0 radical (unpaired) electrons. The Morgan fingerprint density at radius 1 is 1.09 bits per heavy atom. The van der Waals surface area contributed by atoms with Crippen LogP contribution < -0.4 is 16.0 Å². The predicted octanol–water partition coefficient (Wildman–Crippen LogP) is 1.49. The van der Waals surface area contributed by atoms with Crippen LogP contribution in [0.25, 0.3) is 0 Å². The second-order valence-electron chi connectivity index (χ2n) is 4.76. The highest BCUT2D eigenvalue weighted by atomic mass is 16.3. The number of hydrogen-bond donors (Lipinski definition) is 3. The van der Waals surface area contributed by atoms with E-state index >= 15 is 0 Å². The molecule has 3 amide bonds. The molecule has 0 fully saturated rings. The molecule has 0 aliphatic carbocycles. The standard InChI is InChI=1S/C16H15N3O4/c1-10(20)19(13-4-2-3-11(17)9-13)16(23)15(22)18-12-5-7-14(21)8-6-12/h2-9,21H,17H2,1H3,(H,18,22). The molecule has 0 bridgehead atoms. The number of benzene rings is 2. The van der Waals surface area contributed by atoms with E-state index in [2.05, 4.69) is 5.32 Å². The van der Waals surface area contributed by atoms with Gasteiger partial charge in [0, 0.05) is 18.3 Å². The van der Waals surface area contributed by atoms with Crippen LogP contribution in [0.5, 0.6) is 5.75 Å². The molecule has 118 valence electrons. The van der Waals surface area contributed by atoms with Gasteiger partial charge >= 0.3 is 11.8 Å². The lowest BCUT2D eigenvalue weighted by molar-refractivity contribution is -0.136. The molecule has 0 spiro atoms. The molecule has 2 rings (SSSR count). The molecule has 0 aromatic heterocycles. The number of imide groups is 1. The van der Waals surface area contributed by atoms with Crippen molar-refractivity contribution in [1.82, 2.24) is 0 Å². The lowest BCUT2D eigenvalue weighted by Crippen LogP contribution is -2.42. The van der Waals surface area contributed by atoms with Gasteiger partial charge in [0.2, 0.25) is 5.91 Å². The quantitative estimate of drug-likeness (QED) is 0.442. The maximum Gasteiger partial charge on any atom is 0.323 e. The third-order valence-corrected chi connectivity index (χ3v) is 2.97. The van der Waals surface area contributed by atoms with Crippen LogP contribution in [0.3, 0.4) is 0 Å². The first-order chi connectivity index (χ1) is 10.9. The summed E-state index contributed by atoms with van der Waals surface area (Å²) in [6.45, 7) is 1.18. The molecule has 0 aliphatic rings. The Morgan fingerprint density at radius 2 is 1.74 bits per heavy atom. The van der Waals surface area contributed by atoms with Crippen LogP contribution in [0, 0.1) is 0 Å². The van der Waals surface area contributed by atoms with Crippen molar-refractivity contribution in [2.24, 2.45) is 0 Å². The number of phenolic OH excluding ortho intramolecular Hbond substituents is 1. The lowest BCUT2D eigenvalue weighted by Gasteiger charge is -2.19. The molecule has 0 heterocycles. The van der Waals surface area contributed by atoms with E-state index in [0.717, 1.165) is 4.90 Å². The average Bonchev–Trinajstić information content (AvgIpc) is 2.49. The number of amides is 3. The van der Waals surface area contributed by atoms with Crippen LogP contribution in [0.15, 0.2) is 48.5 Å². The minimum absolute atomic E-state index is 0.0273. The van der Waals surface area contributed by atoms with Gasteiger partial charge < -0.3 is 16.2 Å². The minimum Gasteiger partial charge on any atom is -0.508 e. The van der Waals surface area contributed by atoms with Gasteiger partial charge in [-0.3, -0.25) is 14.4 Å². The number of anilines is 3. The van der Waals surface area contributed by atoms with Crippen molar-refractivity contribution in [3.8, 4) is 5.75 Å². The van der Waals surface area contributed by atoms with Crippen molar-refractivity contribution in [3.63, 3.8) is 0 Å². The molecule has 0 atom stereocenters. The fourth-order valence-corrected chi connectivity index (χ4v) is 1.94. The molecule has 2 aromatic rings. The van der Waals surface area contributed by atoms with Crippen molar-refractivity contribution in [2.75, 3.05) is 16.0 Å². The summed E-state index contributed by atoms with van der Waals surface area (Å²) < 4.78 is 0. The number of rotatable bonds is 2. The zero-order chi connectivity index (χ0) is 17.0. The number of nitrogens with zero attached hydrogens (tertiary/aromatic N) is 1. The number of hydrogen-bond acceptors (Lipinski definition) is 5. The second-order valence-corrected chi connectivity index (χ2v) is 4.76. The largest absolute Gasteiger partial charge is 0.508 e. The summed E-state index contributed by atoms with van der Waals surface area (Å²) in [5, 5.41) is 11.6. The number of aromatic hydroxyl groups is 1. The Labute approximate surface area is 132 Å². The van der Waals surface area contributed by atoms with E-state index < -0.39 is 17.7 Å². The Morgan fingerprint density at radius 3 is 2.30 bits per heavy atom. The highest BCUT2D eigenvalue weighted by Crippen LogP contribution is 2.19. The van der Waals surface area contributed by atoms with E-state index in [-0.39, 0.29) is 11.4 Å². The summed E-state index contributed by atoms with van der Waals surface area (Å²) in [6, 6.07) is 11.7. The van der Waals surface area contributed by atoms with Crippen LogP contribution in [0.2, 0.25) is 0 Å². The smallest absolute Gasteiger partial charge is 0.323 e. The van der Waals surface area contributed by atoms with Crippen molar-refractivity contribution in [3.05, 3.63) is 48.5 Å². The Balaban J connectivity index is 2.22. The molecular weight excluding hydrogens is 298 g/mol. The first kappa shape index (κ1) is 16.0. The van der Waals surface area contributed by atoms with E-state index in [4.69, 9.17) is 5.73 Å². The predicted molar refractivity (Wildman–Crippen MR) is 85.8 cm³/mol. The fourth-order valence-electron chi connectivity index (χ4n) is 1.94. The van der Waals surface area contributed by atoms with Crippen molar-refractivity contribution in [2.45, 2.75) is 6.92 Å². The van der Waals surface area contributed by atoms with Crippen LogP contribution in [0.4, 0.5) is 17.1 Å². The zero-order valence-corrected chi connectivity index (χ0v) is 12.3. The van der Waals surface area contributed by atoms with Gasteiger partial charge in [0.1, 0.15) is 5.75 Å². The molecule has 2 aromatic carbocycles. The molecule has 0 saturated heterocycles. The van der Waals surface area contributed by atoms with E-state index in [1.165, 1.54) is 43.3 Å². The molecule has 0 saturated carbocycles. The van der Waals surface area contributed by atoms with Gasteiger partial charge in [-0.1, -0.05) is 6.07 Å². The maximum absolute atomic E-state index is 12.3. The molecule has 23 heavy (non-hydrogen) atoms.